The Kier molecular flexibility index (Phi) is 3.36. The molecule has 0 radical (unpaired) electrons. The Morgan fingerprint density at radius 2 is 2.16 bits per heavy atom. The quantitative estimate of drug-likeness (QED) is 0.914. The number of nitrogens with zero attached hydrogens (tertiary/aromatic N) is 2. The van der Waals surface area contributed by atoms with Gasteiger partial charge in [-0.15, -0.1) is 0 Å². The number of hydrogen-bond acceptors (Lipinski definition) is 4. The maximum absolute atomic E-state index is 5.95. The third kappa shape index (κ3) is 2.29. The first-order valence-corrected chi connectivity index (χ1v) is 6.70. The summed E-state index contributed by atoms with van der Waals surface area (Å²) in [5, 5.41) is 0. The fourth-order valence-electron chi connectivity index (χ4n) is 2.84. The van der Waals surface area contributed by atoms with E-state index < -0.39 is 0 Å². The lowest BCUT2D eigenvalue weighted by Crippen LogP contribution is -2.37. The van der Waals surface area contributed by atoms with Gasteiger partial charge in [-0.2, -0.15) is 0 Å². The Morgan fingerprint density at radius 3 is 2.84 bits per heavy atom. The Morgan fingerprint density at radius 1 is 1.37 bits per heavy atom. The normalized spacial score (nSPS) is 17.2. The van der Waals surface area contributed by atoms with Crippen LogP contribution in [-0.2, 0) is 13.0 Å². The Balaban J connectivity index is 1.85. The lowest BCUT2D eigenvalue weighted by atomic mass is 9.98. The van der Waals surface area contributed by atoms with Crippen LogP contribution in [0.15, 0.2) is 35.1 Å². The molecule has 4 nitrogen and oxygen atoms in total. The van der Waals surface area contributed by atoms with Gasteiger partial charge in [0.1, 0.15) is 5.76 Å². The summed E-state index contributed by atoms with van der Waals surface area (Å²) in [5.41, 5.74) is 9.73. The van der Waals surface area contributed by atoms with Crippen molar-refractivity contribution < 1.29 is 4.42 Å². The standard InChI is InChI=1S/C15H19N3O/c1-11-15(19-10-17-11)14(8-16)18-7-6-12-4-2-3-5-13(12)9-18/h2-5,10,14H,6-9,16H2,1H3. The molecule has 19 heavy (non-hydrogen) atoms. The van der Waals surface area contributed by atoms with E-state index in [-0.39, 0.29) is 6.04 Å². The molecular formula is C15H19N3O. The molecule has 0 amide bonds. The van der Waals surface area contributed by atoms with Crippen molar-refractivity contribution in [3.05, 3.63) is 53.2 Å². The molecule has 1 aromatic carbocycles. The zero-order valence-corrected chi connectivity index (χ0v) is 11.2. The van der Waals surface area contributed by atoms with Gasteiger partial charge >= 0.3 is 0 Å². The fraction of sp³-hybridized carbons (Fsp3) is 0.400. The Labute approximate surface area is 113 Å². The zero-order valence-electron chi connectivity index (χ0n) is 11.2. The molecule has 100 valence electrons. The smallest absolute Gasteiger partial charge is 0.181 e. The minimum atomic E-state index is 0.121. The van der Waals surface area contributed by atoms with Crippen molar-refractivity contribution in [2.45, 2.75) is 25.9 Å². The van der Waals surface area contributed by atoms with Gasteiger partial charge in [0, 0.05) is 19.6 Å². The first kappa shape index (κ1) is 12.4. The molecule has 2 aromatic rings. The van der Waals surface area contributed by atoms with E-state index in [1.54, 1.807) is 0 Å². The third-order valence-corrected chi connectivity index (χ3v) is 3.91. The number of fused-ring (bicyclic) bond motifs is 1. The lowest BCUT2D eigenvalue weighted by molar-refractivity contribution is 0.162. The summed E-state index contributed by atoms with van der Waals surface area (Å²) in [7, 11) is 0. The summed E-state index contributed by atoms with van der Waals surface area (Å²) in [6, 6.07) is 8.73. The van der Waals surface area contributed by atoms with Crippen LogP contribution in [-0.4, -0.2) is 23.0 Å². The van der Waals surface area contributed by atoms with Gasteiger partial charge in [-0.3, -0.25) is 4.90 Å². The van der Waals surface area contributed by atoms with Crippen molar-refractivity contribution in [1.82, 2.24) is 9.88 Å². The second-order valence-electron chi connectivity index (χ2n) is 5.04. The summed E-state index contributed by atoms with van der Waals surface area (Å²) < 4.78 is 5.53. The van der Waals surface area contributed by atoms with Gasteiger partial charge in [0.2, 0.25) is 0 Å². The van der Waals surface area contributed by atoms with Crippen molar-refractivity contribution in [3.8, 4) is 0 Å². The maximum atomic E-state index is 5.95. The van der Waals surface area contributed by atoms with E-state index in [1.165, 1.54) is 17.5 Å². The molecule has 0 fully saturated rings. The number of nitrogens with two attached hydrogens (primary N) is 1. The predicted molar refractivity (Wildman–Crippen MR) is 73.6 cm³/mol. The highest BCUT2D eigenvalue weighted by Crippen LogP contribution is 2.28. The van der Waals surface area contributed by atoms with Crippen molar-refractivity contribution in [3.63, 3.8) is 0 Å². The summed E-state index contributed by atoms with van der Waals surface area (Å²) >= 11 is 0. The fourth-order valence-corrected chi connectivity index (χ4v) is 2.84. The van der Waals surface area contributed by atoms with Crippen LogP contribution in [0.25, 0.3) is 0 Å². The van der Waals surface area contributed by atoms with Crippen LogP contribution in [0.3, 0.4) is 0 Å². The van der Waals surface area contributed by atoms with Gasteiger partial charge < -0.3 is 10.2 Å². The number of hydrogen-bond donors (Lipinski definition) is 1. The minimum absolute atomic E-state index is 0.121. The second-order valence-corrected chi connectivity index (χ2v) is 5.04. The van der Waals surface area contributed by atoms with E-state index in [1.807, 2.05) is 6.92 Å². The molecule has 2 heterocycles. The topological polar surface area (TPSA) is 55.3 Å². The van der Waals surface area contributed by atoms with Crippen LogP contribution < -0.4 is 5.73 Å². The van der Waals surface area contributed by atoms with E-state index in [9.17, 15) is 0 Å². The van der Waals surface area contributed by atoms with Crippen molar-refractivity contribution in [2.75, 3.05) is 13.1 Å². The van der Waals surface area contributed by atoms with Gasteiger partial charge in [0.05, 0.1) is 11.7 Å². The first-order valence-electron chi connectivity index (χ1n) is 6.70. The molecule has 2 N–H and O–H groups in total. The summed E-state index contributed by atoms with van der Waals surface area (Å²) in [5.74, 6) is 0.905. The Bertz CT molecular complexity index is 564. The number of rotatable bonds is 3. The second kappa shape index (κ2) is 5.15. The monoisotopic (exact) mass is 257 g/mol. The van der Waals surface area contributed by atoms with E-state index in [2.05, 4.69) is 34.1 Å². The van der Waals surface area contributed by atoms with Gasteiger partial charge in [0.15, 0.2) is 6.39 Å². The predicted octanol–water partition coefficient (Wildman–Crippen LogP) is 2.04. The summed E-state index contributed by atoms with van der Waals surface area (Å²) in [6.07, 6.45) is 2.57. The largest absolute Gasteiger partial charge is 0.446 e. The molecule has 3 rings (SSSR count). The molecule has 0 saturated heterocycles. The van der Waals surface area contributed by atoms with Crippen LogP contribution in [0.4, 0.5) is 0 Å². The first-order chi connectivity index (χ1) is 9.29. The van der Waals surface area contributed by atoms with E-state index in [4.69, 9.17) is 10.2 Å². The van der Waals surface area contributed by atoms with Gasteiger partial charge in [-0.1, -0.05) is 24.3 Å². The number of benzene rings is 1. The van der Waals surface area contributed by atoms with Crippen molar-refractivity contribution in [1.29, 1.82) is 0 Å². The average Bonchev–Trinajstić information content (AvgIpc) is 2.86. The average molecular weight is 257 g/mol. The van der Waals surface area contributed by atoms with Crippen molar-refractivity contribution >= 4 is 0 Å². The summed E-state index contributed by atoms with van der Waals surface area (Å²) in [4.78, 5) is 6.56. The molecule has 1 aliphatic heterocycles. The SMILES string of the molecule is Cc1ncoc1C(CN)N1CCc2ccccc2C1. The van der Waals surface area contributed by atoms with Crippen LogP contribution >= 0.6 is 0 Å². The highest BCUT2D eigenvalue weighted by molar-refractivity contribution is 5.29. The number of oxazole rings is 1. The van der Waals surface area contributed by atoms with Crippen LogP contribution in [0.1, 0.15) is 28.6 Å². The molecule has 0 bridgehead atoms. The highest BCUT2D eigenvalue weighted by Gasteiger charge is 2.27. The molecule has 1 unspecified atom stereocenters. The Hall–Kier alpha value is -1.65. The highest BCUT2D eigenvalue weighted by atomic mass is 16.3. The molecule has 1 atom stereocenters. The van der Waals surface area contributed by atoms with Crippen LogP contribution in [0.2, 0.25) is 0 Å². The minimum Gasteiger partial charge on any atom is -0.446 e. The molecule has 0 saturated carbocycles. The molecule has 0 spiro atoms. The van der Waals surface area contributed by atoms with E-state index in [0.717, 1.165) is 31.0 Å². The lowest BCUT2D eigenvalue weighted by Gasteiger charge is -2.34. The number of aromatic nitrogens is 1. The summed E-state index contributed by atoms with van der Waals surface area (Å²) in [6.45, 7) is 4.47. The van der Waals surface area contributed by atoms with Gasteiger partial charge in [-0.05, 0) is 24.5 Å². The number of aryl methyl sites for hydroxylation is 1. The van der Waals surface area contributed by atoms with Gasteiger partial charge in [0.25, 0.3) is 0 Å². The maximum Gasteiger partial charge on any atom is 0.181 e. The molecular weight excluding hydrogens is 238 g/mol. The van der Waals surface area contributed by atoms with Gasteiger partial charge in [-0.25, -0.2) is 4.98 Å². The van der Waals surface area contributed by atoms with Crippen molar-refractivity contribution in [2.24, 2.45) is 5.73 Å². The molecule has 0 aliphatic carbocycles. The molecule has 4 heteroatoms. The van der Waals surface area contributed by atoms with E-state index >= 15 is 0 Å². The van der Waals surface area contributed by atoms with E-state index in [0.29, 0.717) is 6.54 Å². The van der Waals surface area contributed by atoms with Crippen LogP contribution in [0.5, 0.6) is 0 Å². The van der Waals surface area contributed by atoms with Crippen LogP contribution in [0, 0.1) is 6.92 Å². The molecule has 1 aliphatic rings. The molecule has 1 aromatic heterocycles. The third-order valence-electron chi connectivity index (χ3n) is 3.91. The zero-order chi connectivity index (χ0) is 13.2.